The Morgan fingerprint density at radius 1 is 1.36 bits per heavy atom. The number of rotatable bonds is 6. The summed E-state index contributed by atoms with van der Waals surface area (Å²) in [6.07, 6.45) is 5.53. The van der Waals surface area contributed by atoms with Gasteiger partial charge in [-0.15, -0.1) is 0 Å². The monoisotopic (exact) mass is 198 g/mol. The molecule has 0 radical (unpaired) electrons. The maximum Gasteiger partial charge on any atom is 0.00218 e. The highest BCUT2D eigenvalue weighted by atomic mass is 15.1. The molecule has 0 saturated carbocycles. The molecule has 0 aromatic carbocycles. The quantitative estimate of drug-likeness (QED) is 0.703. The zero-order valence-electron chi connectivity index (χ0n) is 9.89. The zero-order chi connectivity index (χ0) is 10.2. The lowest BCUT2D eigenvalue weighted by atomic mass is 9.98. The van der Waals surface area contributed by atoms with E-state index in [1.54, 1.807) is 0 Å². The molecule has 1 fully saturated rings. The second-order valence-electron chi connectivity index (χ2n) is 4.47. The van der Waals surface area contributed by atoms with E-state index in [9.17, 15) is 0 Å². The van der Waals surface area contributed by atoms with Crippen molar-refractivity contribution in [3.63, 3.8) is 0 Å². The molecule has 1 rings (SSSR count). The summed E-state index contributed by atoms with van der Waals surface area (Å²) in [7, 11) is 0. The normalized spacial score (nSPS) is 24.0. The SMILES string of the molecule is CCCCN1CCCC(CNCC)C1. The number of nitrogens with zero attached hydrogens (tertiary/aromatic N) is 1. The van der Waals surface area contributed by atoms with E-state index in [1.807, 2.05) is 0 Å². The molecular weight excluding hydrogens is 172 g/mol. The second-order valence-corrected chi connectivity index (χ2v) is 4.47. The van der Waals surface area contributed by atoms with Crippen LogP contribution in [0.5, 0.6) is 0 Å². The van der Waals surface area contributed by atoms with Crippen LogP contribution in [0.4, 0.5) is 0 Å². The Balaban J connectivity index is 2.14. The first-order valence-electron chi connectivity index (χ1n) is 6.29. The molecule has 0 bridgehead atoms. The van der Waals surface area contributed by atoms with Crippen LogP contribution in [0.2, 0.25) is 0 Å². The lowest BCUT2D eigenvalue weighted by Crippen LogP contribution is -2.39. The van der Waals surface area contributed by atoms with Crippen LogP contribution >= 0.6 is 0 Å². The summed E-state index contributed by atoms with van der Waals surface area (Å²) in [6, 6.07) is 0. The Kier molecular flexibility index (Phi) is 6.20. The van der Waals surface area contributed by atoms with Crippen molar-refractivity contribution in [1.82, 2.24) is 10.2 Å². The molecule has 1 atom stereocenters. The maximum atomic E-state index is 3.47. The van der Waals surface area contributed by atoms with Crippen molar-refractivity contribution >= 4 is 0 Å². The van der Waals surface area contributed by atoms with Crippen molar-refractivity contribution in [2.45, 2.75) is 39.5 Å². The molecule has 0 aromatic rings. The molecule has 1 unspecified atom stereocenters. The van der Waals surface area contributed by atoms with Crippen molar-refractivity contribution in [3.05, 3.63) is 0 Å². The van der Waals surface area contributed by atoms with Gasteiger partial charge in [0, 0.05) is 6.54 Å². The molecule has 2 heteroatoms. The van der Waals surface area contributed by atoms with Crippen LogP contribution in [0, 0.1) is 5.92 Å². The summed E-state index contributed by atoms with van der Waals surface area (Å²) in [5, 5.41) is 3.47. The van der Waals surface area contributed by atoms with E-state index >= 15 is 0 Å². The van der Waals surface area contributed by atoms with Crippen LogP contribution in [0.25, 0.3) is 0 Å². The minimum atomic E-state index is 0.903. The van der Waals surface area contributed by atoms with Crippen molar-refractivity contribution in [2.75, 3.05) is 32.7 Å². The number of hydrogen-bond acceptors (Lipinski definition) is 2. The maximum absolute atomic E-state index is 3.47. The van der Waals surface area contributed by atoms with Crippen LogP contribution in [0.15, 0.2) is 0 Å². The van der Waals surface area contributed by atoms with E-state index in [0.29, 0.717) is 0 Å². The van der Waals surface area contributed by atoms with Gasteiger partial charge in [-0.25, -0.2) is 0 Å². The Labute approximate surface area is 89.1 Å². The van der Waals surface area contributed by atoms with Gasteiger partial charge < -0.3 is 10.2 Å². The van der Waals surface area contributed by atoms with Gasteiger partial charge in [0.1, 0.15) is 0 Å². The molecule has 0 aromatic heterocycles. The van der Waals surface area contributed by atoms with Crippen LogP contribution in [-0.2, 0) is 0 Å². The van der Waals surface area contributed by atoms with Gasteiger partial charge in [-0.3, -0.25) is 0 Å². The highest BCUT2D eigenvalue weighted by Crippen LogP contribution is 2.15. The Morgan fingerprint density at radius 3 is 2.93 bits per heavy atom. The standard InChI is InChI=1S/C12H26N2/c1-3-5-8-14-9-6-7-12(11-14)10-13-4-2/h12-13H,3-11H2,1-2H3. The van der Waals surface area contributed by atoms with Gasteiger partial charge in [-0.1, -0.05) is 20.3 Å². The number of hydrogen-bond donors (Lipinski definition) is 1. The van der Waals surface area contributed by atoms with Crippen LogP contribution in [0.3, 0.4) is 0 Å². The third-order valence-corrected chi connectivity index (χ3v) is 3.11. The highest BCUT2D eigenvalue weighted by Gasteiger charge is 2.18. The zero-order valence-corrected chi connectivity index (χ0v) is 9.89. The first-order chi connectivity index (χ1) is 6.86. The molecule has 1 heterocycles. The van der Waals surface area contributed by atoms with Gasteiger partial charge in [0.2, 0.25) is 0 Å². The first kappa shape index (κ1) is 12.0. The molecule has 0 spiro atoms. The van der Waals surface area contributed by atoms with Crippen LogP contribution in [0.1, 0.15) is 39.5 Å². The first-order valence-corrected chi connectivity index (χ1v) is 6.29. The minimum absolute atomic E-state index is 0.903. The summed E-state index contributed by atoms with van der Waals surface area (Å²) >= 11 is 0. The van der Waals surface area contributed by atoms with Gasteiger partial charge in [0.15, 0.2) is 0 Å². The van der Waals surface area contributed by atoms with Gasteiger partial charge >= 0.3 is 0 Å². The lowest BCUT2D eigenvalue weighted by Gasteiger charge is -2.32. The summed E-state index contributed by atoms with van der Waals surface area (Å²) in [5.41, 5.74) is 0. The fourth-order valence-electron chi connectivity index (χ4n) is 2.25. The van der Waals surface area contributed by atoms with E-state index in [2.05, 4.69) is 24.1 Å². The van der Waals surface area contributed by atoms with E-state index in [4.69, 9.17) is 0 Å². The predicted octanol–water partition coefficient (Wildman–Crippen LogP) is 2.11. The average Bonchev–Trinajstić information content (AvgIpc) is 2.24. The summed E-state index contributed by atoms with van der Waals surface area (Å²) in [6.45, 7) is 10.8. The molecular formula is C12H26N2. The third kappa shape index (κ3) is 4.43. The molecule has 2 nitrogen and oxygen atoms in total. The van der Waals surface area contributed by atoms with Crippen molar-refractivity contribution in [1.29, 1.82) is 0 Å². The minimum Gasteiger partial charge on any atom is -0.317 e. The molecule has 1 aliphatic rings. The number of nitrogens with one attached hydrogen (secondary N) is 1. The number of likely N-dealkylation sites (tertiary alicyclic amines) is 1. The Hall–Kier alpha value is -0.0800. The molecule has 1 aliphatic heterocycles. The smallest absolute Gasteiger partial charge is 0.00218 e. The lowest BCUT2D eigenvalue weighted by molar-refractivity contribution is 0.171. The average molecular weight is 198 g/mol. The number of unbranched alkanes of at least 4 members (excludes halogenated alkanes) is 1. The van der Waals surface area contributed by atoms with E-state index in [-0.39, 0.29) is 0 Å². The fourth-order valence-corrected chi connectivity index (χ4v) is 2.25. The molecule has 0 amide bonds. The summed E-state index contributed by atoms with van der Waals surface area (Å²) in [4.78, 5) is 2.65. The van der Waals surface area contributed by atoms with Gasteiger partial charge in [-0.05, 0) is 51.4 Å². The Morgan fingerprint density at radius 2 is 2.21 bits per heavy atom. The molecule has 0 aliphatic carbocycles. The molecule has 1 saturated heterocycles. The Bertz CT molecular complexity index is 122. The third-order valence-electron chi connectivity index (χ3n) is 3.11. The molecule has 84 valence electrons. The second kappa shape index (κ2) is 7.24. The summed E-state index contributed by atoms with van der Waals surface area (Å²) in [5.74, 6) is 0.903. The van der Waals surface area contributed by atoms with Crippen molar-refractivity contribution in [3.8, 4) is 0 Å². The van der Waals surface area contributed by atoms with Gasteiger partial charge in [0.05, 0.1) is 0 Å². The van der Waals surface area contributed by atoms with Crippen LogP contribution in [-0.4, -0.2) is 37.6 Å². The van der Waals surface area contributed by atoms with E-state index < -0.39 is 0 Å². The van der Waals surface area contributed by atoms with Crippen LogP contribution < -0.4 is 5.32 Å². The predicted molar refractivity (Wildman–Crippen MR) is 62.6 cm³/mol. The van der Waals surface area contributed by atoms with Crippen molar-refractivity contribution in [2.24, 2.45) is 5.92 Å². The largest absolute Gasteiger partial charge is 0.317 e. The van der Waals surface area contributed by atoms with E-state index in [0.717, 1.165) is 12.5 Å². The van der Waals surface area contributed by atoms with E-state index in [1.165, 1.54) is 51.9 Å². The molecule has 1 N–H and O–H groups in total. The van der Waals surface area contributed by atoms with Gasteiger partial charge in [0.25, 0.3) is 0 Å². The highest BCUT2D eigenvalue weighted by molar-refractivity contribution is 4.74. The fraction of sp³-hybridized carbons (Fsp3) is 1.00. The van der Waals surface area contributed by atoms with Crippen molar-refractivity contribution < 1.29 is 0 Å². The summed E-state index contributed by atoms with van der Waals surface area (Å²) < 4.78 is 0. The number of piperidine rings is 1. The topological polar surface area (TPSA) is 15.3 Å². The van der Waals surface area contributed by atoms with Gasteiger partial charge in [-0.2, -0.15) is 0 Å². The molecule has 14 heavy (non-hydrogen) atoms.